The lowest BCUT2D eigenvalue weighted by Crippen LogP contribution is -2.13. The Labute approximate surface area is 126 Å². The van der Waals surface area contributed by atoms with Crippen molar-refractivity contribution in [3.63, 3.8) is 0 Å². The minimum Gasteiger partial charge on any atom is -0.376 e. The van der Waals surface area contributed by atoms with Crippen LogP contribution in [0.3, 0.4) is 0 Å². The predicted molar refractivity (Wildman–Crippen MR) is 81.7 cm³/mol. The van der Waals surface area contributed by atoms with E-state index in [2.05, 4.69) is 10.3 Å². The van der Waals surface area contributed by atoms with Crippen LogP contribution in [0.5, 0.6) is 0 Å². The summed E-state index contributed by atoms with van der Waals surface area (Å²) in [7, 11) is -3.75. The fourth-order valence-electron chi connectivity index (χ4n) is 1.68. The van der Waals surface area contributed by atoms with Crippen molar-refractivity contribution in [1.29, 1.82) is 0 Å². The molecular weight excluding hydrogens is 318 g/mol. The van der Waals surface area contributed by atoms with Crippen LogP contribution in [0.4, 0.5) is 5.69 Å². The van der Waals surface area contributed by atoms with Crippen LogP contribution in [0.15, 0.2) is 28.5 Å². The molecule has 20 heavy (non-hydrogen) atoms. The van der Waals surface area contributed by atoms with Crippen molar-refractivity contribution in [3.8, 4) is 0 Å². The molecule has 0 aliphatic rings. The van der Waals surface area contributed by atoms with E-state index in [0.29, 0.717) is 10.7 Å². The third-order valence-electron chi connectivity index (χ3n) is 2.72. The highest BCUT2D eigenvalue weighted by atomic mass is 35.5. The highest BCUT2D eigenvalue weighted by molar-refractivity contribution is 7.89. The summed E-state index contributed by atoms with van der Waals surface area (Å²) in [5.41, 5.74) is 1.39. The molecule has 3 N–H and O–H groups in total. The Morgan fingerprint density at radius 2 is 2.15 bits per heavy atom. The quantitative estimate of drug-likeness (QED) is 0.902. The number of aryl methyl sites for hydroxylation is 1. The fraction of sp³-hybridized carbons (Fsp3) is 0.250. The molecule has 0 spiro atoms. The molecule has 0 radical (unpaired) electrons. The normalized spacial score (nSPS) is 13.2. The molecule has 0 bridgehead atoms. The molecule has 8 heteroatoms. The Kier molecular flexibility index (Phi) is 4.33. The van der Waals surface area contributed by atoms with Crippen LogP contribution in [0.25, 0.3) is 0 Å². The van der Waals surface area contributed by atoms with Crippen LogP contribution in [0.1, 0.15) is 23.7 Å². The number of aromatic nitrogens is 1. The number of nitrogens with one attached hydrogen (secondary N) is 1. The molecule has 1 unspecified atom stereocenters. The van der Waals surface area contributed by atoms with Crippen molar-refractivity contribution in [1.82, 2.24) is 4.98 Å². The van der Waals surface area contributed by atoms with Crippen molar-refractivity contribution < 1.29 is 8.42 Å². The number of thiazole rings is 1. The number of nitrogens with zero attached hydrogens (tertiary/aromatic N) is 1. The van der Waals surface area contributed by atoms with Gasteiger partial charge >= 0.3 is 0 Å². The first-order chi connectivity index (χ1) is 9.27. The Morgan fingerprint density at radius 3 is 2.70 bits per heavy atom. The third-order valence-corrected chi connectivity index (χ3v) is 4.75. The zero-order valence-electron chi connectivity index (χ0n) is 10.9. The Morgan fingerprint density at radius 1 is 1.45 bits per heavy atom. The van der Waals surface area contributed by atoms with Gasteiger partial charge in [-0.05, 0) is 32.0 Å². The van der Waals surface area contributed by atoms with E-state index in [4.69, 9.17) is 16.7 Å². The largest absolute Gasteiger partial charge is 0.376 e. The van der Waals surface area contributed by atoms with Crippen LogP contribution < -0.4 is 10.5 Å². The molecule has 2 aromatic rings. The first-order valence-corrected chi connectivity index (χ1v) is 8.58. The van der Waals surface area contributed by atoms with Crippen LogP contribution in [-0.4, -0.2) is 13.4 Å². The zero-order chi connectivity index (χ0) is 14.9. The molecule has 1 aromatic heterocycles. The maximum absolute atomic E-state index is 11.4. The molecule has 1 heterocycles. The van der Waals surface area contributed by atoms with Gasteiger partial charge in [0.15, 0.2) is 0 Å². The lowest BCUT2D eigenvalue weighted by molar-refractivity contribution is 0.598. The number of anilines is 1. The van der Waals surface area contributed by atoms with Gasteiger partial charge in [0.2, 0.25) is 10.0 Å². The summed E-state index contributed by atoms with van der Waals surface area (Å²) in [5, 5.41) is 11.6. The van der Waals surface area contributed by atoms with Gasteiger partial charge in [0.05, 0.1) is 32.3 Å². The molecule has 0 aliphatic carbocycles. The summed E-state index contributed by atoms with van der Waals surface area (Å²) in [5.74, 6) is 0. The zero-order valence-corrected chi connectivity index (χ0v) is 13.3. The van der Waals surface area contributed by atoms with Crippen LogP contribution in [-0.2, 0) is 10.0 Å². The molecule has 1 atom stereocenters. The van der Waals surface area contributed by atoms with Gasteiger partial charge < -0.3 is 5.32 Å². The number of halogens is 1. The fourth-order valence-corrected chi connectivity index (χ4v) is 3.10. The highest BCUT2D eigenvalue weighted by Crippen LogP contribution is 2.28. The Balaban J connectivity index is 2.29. The maximum Gasteiger partial charge on any atom is 0.238 e. The lowest BCUT2D eigenvalue weighted by Gasteiger charge is -2.15. The number of sulfonamides is 1. The van der Waals surface area contributed by atoms with Crippen molar-refractivity contribution in [3.05, 3.63) is 39.3 Å². The minimum absolute atomic E-state index is 0.0195. The van der Waals surface area contributed by atoms with E-state index in [1.807, 2.05) is 19.2 Å². The second-order valence-corrected chi connectivity index (χ2v) is 7.37. The van der Waals surface area contributed by atoms with Crippen LogP contribution >= 0.6 is 22.9 Å². The second kappa shape index (κ2) is 5.69. The number of rotatable bonds is 4. The van der Waals surface area contributed by atoms with E-state index in [9.17, 15) is 8.42 Å². The summed E-state index contributed by atoms with van der Waals surface area (Å²) >= 11 is 7.62. The van der Waals surface area contributed by atoms with Gasteiger partial charge in [-0.25, -0.2) is 18.5 Å². The standard InChI is InChI=1S/C12H14ClN3O2S2/c1-7(12-6-19-8(2)16-12)15-11-5-9(20(14,17)18)3-4-10(11)13/h3-7,15H,1-2H3,(H2,14,17,18). The molecule has 0 saturated carbocycles. The number of benzene rings is 1. The first-order valence-electron chi connectivity index (χ1n) is 5.78. The topological polar surface area (TPSA) is 85.1 Å². The van der Waals surface area contributed by atoms with E-state index >= 15 is 0 Å². The number of nitrogens with two attached hydrogens (primary N) is 1. The van der Waals surface area contributed by atoms with E-state index in [1.54, 1.807) is 11.3 Å². The van der Waals surface area contributed by atoms with Crippen molar-refractivity contribution >= 4 is 38.6 Å². The van der Waals surface area contributed by atoms with Crippen molar-refractivity contribution in [2.24, 2.45) is 5.14 Å². The molecule has 0 amide bonds. The summed E-state index contributed by atoms with van der Waals surface area (Å²) in [6, 6.07) is 4.21. The van der Waals surface area contributed by atoms with Gasteiger partial charge in [0.1, 0.15) is 0 Å². The monoisotopic (exact) mass is 331 g/mol. The van der Waals surface area contributed by atoms with Crippen molar-refractivity contribution in [2.75, 3.05) is 5.32 Å². The number of hydrogen-bond donors (Lipinski definition) is 2. The molecule has 2 rings (SSSR count). The molecule has 5 nitrogen and oxygen atoms in total. The molecule has 108 valence electrons. The SMILES string of the molecule is Cc1nc(C(C)Nc2cc(S(N)(=O)=O)ccc2Cl)cs1. The molecular formula is C12H14ClN3O2S2. The Bertz CT molecular complexity index is 728. The van der Waals surface area contributed by atoms with Gasteiger partial charge in [0, 0.05) is 5.38 Å². The molecule has 0 fully saturated rings. The van der Waals surface area contributed by atoms with Gasteiger partial charge in [-0.15, -0.1) is 11.3 Å². The van der Waals surface area contributed by atoms with E-state index < -0.39 is 10.0 Å². The number of hydrogen-bond acceptors (Lipinski definition) is 5. The highest BCUT2D eigenvalue weighted by Gasteiger charge is 2.14. The van der Waals surface area contributed by atoms with Crippen LogP contribution in [0, 0.1) is 6.92 Å². The smallest absolute Gasteiger partial charge is 0.238 e. The van der Waals surface area contributed by atoms with E-state index in [0.717, 1.165) is 10.7 Å². The number of primary sulfonamides is 1. The van der Waals surface area contributed by atoms with Crippen molar-refractivity contribution in [2.45, 2.75) is 24.8 Å². The average Bonchev–Trinajstić information content (AvgIpc) is 2.77. The Hall–Kier alpha value is -1.15. The lowest BCUT2D eigenvalue weighted by atomic mass is 10.2. The first kappa shape index (κ1) is 15.2. The third kappa shape index (κ3) is 3.49. The minimum atomic E-state index is -3.75. The summed E-state index contributed by atoms with van der Waals surface area (Å²) in [4.78, 5) is 4.40. The van der Waals surface area contributed by atoms with Gasteiger partial charge in [-0.3, -0.25) is 0 Å². The van der Waals surface area contributed by atoms with Gasteiger partial charge in [-0.2, -0.15) is 0 Å². The molecule has 1 aromatic carbocycles. The molecule has 0 saturated heterocycles. The second-order valence-electron chi connectivity index (χ2n) is 4.34. The summed E-state index contributed by atoms with van der Waals surface area (Å²) in [6.45, 7) is 3.85. The maximum atomic E-state index is 11.4. The van der Waals surface area contributed by atoms with E-state index in [1.165, 1.54) is 18.2 Å². The average molecular weight is 332 g/mol. The summed E-state index contributed by atoms with van der Waals surface area (Å²) < 4.78 is 22.7. The summed E-state index contributed by atoms with van der Waals surface area (Å²) in [6.07, 6.45) is 0. The van der Waals surface area contributed by atoms with E-state index in [-0.39, 0.29) is 10.9 Å². The van der Waals surface area contributed by atoms with Gasteiger partial charge in [0.25, 0.3) is 0 Å². The predicted octanol–water partition coefficient (Wildman–Crippen LogP) is 2.93. The van der Waals surface area contributed by atoms with Gasteiger partial charge in [-0.1, -0.05) is 11.6 Å². The van der Waals surface area contributed by atoms with Crippen LogP contribution in [0.2, 0.25) is 5.02 Å². The molecule has 0 aliphatic heterocycles.